The zero-order chi connectivity index (χ0) is 11.3. The number of aliphatic carboxylic acids is 1. The zero-order valence-electron chi connectivity index (χ0n) is 8.02. The van der Waals surface area contributed by atoms with E-state index in [1.165, 1.54) is 0 Å². The number of carboxylic acids is 1. The summed E-state index contributed by atoms with van der Waals surface area (Å²) in [5.41, 5.74) is 0.482. The van der Waals surface area contributed by atoms with E-state index in [1.54, 1.807) is 30.3 Å². The fourth-order valence-corrected chi connectivity index (χ4v) is 1.15. The number of hydrogen-bond donors (Lipinski definition) is 1. The molecule has 3 nitrogen and oxygen atoms in total. The first-order valence-corrected chi connectivity index (χ1v) is 4.56. The number of carbonyl (C=O) groups excluding carboxylic acids is 1. The average Bonchev–Trinajstić information content (AvgIpc) is 2.26. The topological polar surface area (TPSA) is 54.4 Å². The van der Waals surface area contributed by atoms with Gasteiger partial charge in [-0.1, -0.05) is 30.3 Å². The van der Waals surface area contributed by atoms with E-state index >= 15 is 0 Å². The second-order valence-electron chi connectivity index (χ2n) is 3.13. The summed E-state index contributed by atoms with van der Waals surface area (Å²) < 4.78 is 12.6. The minimum absolute atomic E-state index is 0.0858. The van der Waals surface area contributed by atoms with E-state index in [0.29, 0.717) is 5.56 Å². The molecule has 0 spiro atoms. The maximum atomic E-state index is 12.6. The van der Waals surface area contributed by atoms with Crippen molar-refractivity contribution in [1.29, 1.82) is 0 Å². The molecular formula is C11H11FO3. The van der Waals surface area contributed by atoms with E-state index in [4.69, 9.17) is 5.11 Å². The second kappa shape index (κ2) is 5.24. The number of alkyl halides is 1. The third-order valence-electron chi connectivity index (χ3n) is 1.99. The summed E-state index contributed by atoms with van der Waals surface area (Å²) in [7, 11) is 0. The van der Waals surface area contributed by atoms with Crippen LogP contribution in [-0.4, -0.2) is 23.0 Å². The number of benzene rings is 1. The molecule has 0 saturated carbocycles. The van der Waals surface area contributed by atoms with Gasteiger partial charge in [-0.2, -0.15) is 0 Å². The van der Waals surface area contributed by atoms with Crippen molar-refractivity contribution in [2.75, 3.05) is 0 Å². The number of hydrogen-bond acceptors (Lipinski definition) is 2. The summed E-state index contributed by atoms with van der Waals surface area (Å²) in [5.74, 6) is -1.75. The largest absolute Gasteiger partial charge is 0.479 e. The molecule has 15 heavy (non-hydrogen) atoms. The number of carboxylic acid groups (broad SMARTS) is 1. The highest BCUT2D eigenvalue weighted by atomic mass is 19.1. The van der Waals surface area contributed by atoms with Gasteiger partial charge in [0, 0.05) is 12.0 Å². The van der Waals surface area contributed by atoms with Crippen LogP contribution in [0.15, 0.2) is 30.3 Å². The van der Waals surface area contributed by atoms with E-state index in [0.717, 1.165) is 0 Å². The lowest BCUT2D eigenvalue weighted by molar-refractivity contribution is -0.142. The first-order valence-electron chi connectivity index (χ1n) is 4.56. The highest BCUT2D eigenvalue weighted by Gasteiger charge is 2.17. The highest BCUT2D eigenvalue weighted by Crippen LogP contribution is 2.08. The van der Waals surface area contributed by atoms with Crippen molar-refractivity contribution in [3.8, 4) is 0 Å². The third kappa shape index (κ3) is 3.50. The van der Waals surface area contributed by atoms with Crippen molar-refractivity contribution in [2.24, 2.45) is 0 Å². The van der Waals surface area contributed by atoms with Crippen LogP contribution in [0.3, 0.4) is 0 Å². The standard InChI is InChI=1S/C11H11FO3/c12-9(11(14)15)6-7-10(13)8-4-2-1-3-5-8/h1-5,9H,6-7H2,(H,14,15). The molecular weight excluding hydrogens is 199 g/mol. The van der Waals surface area contributed by atoms with Gasteiger partial charge in [0.2, 0.25) is 0 Å². The smallest absolute Gasteiger partial charge is 0.338 e. The SMILES string of the molecule is O=C(CCC(F)C(=O)O)c1ccccc1. The first kappa shape index (κ1) is 11.4. The Labute approximate surface area is 86.5 Å². The Morgan fingerprint density at radius 3 is 2.40 bits per heavy atom. The Hall–Kier alpha value is -1.71. The van der Waals surface area contributed by atoms with Crippen LogP contribution < -0.4 is 0 Å². The van der Waals surface area contributed by atoms with Gasteiger partial charge in [-0.25, -0.2) is 9.18 Å². The van der Waals surface area contributed by atoms with Crippen LogP contribution in [-0.2, 0) is 4.79 Å². The summed E-state index contributed by atoms with van der Waals surface area (Å²) in [5, 5.41) is 8.28. The fraction of sp³-hybridized carbons (Fsp3) is 0.273. The first-order chi connectivity index (χ1) is 7.11. The monoisotopic (exact) mass is 210 g/mol. The molecule has 1 aromatic rings. The Morgan fingerprint density at radius 2 is 1.87 bits per heavy atom. The normalized spacial score (nSPS) is 12.1. The molecule has 0 radical (unpaired) electrons. The van der Waals surface area contributed by atoms with Gasteiger partial charge in [-0.15, -0.1) is 0 Å². The van der Waals surface area contributed by atoms with Gasteiger partial charge in [-0.3, -0.25) is 4.79 Å². The van der Waals surface area contributed by atoms with E-state index in [2.05, 4.69) is 0 Å². The quantitative estimate of drug-likeness (QED) is 0.757. The molecule has 0 aliphatic rings. The van der Waals surface area contributed by atoms with Gasteiger partial charge >= 0.3 is 5.97 Å². The molecule has 1 rings (SSSR count). The Morgan fingerprint density at radius 1 is 1.27 bits per heavy atom. The van der Waals surface area contributed by atoms with Gasteiger partial charge in [0.15, 0.2) is 12.0 Å². The minimum atomic E-state index is -1.96. The van der Waals surface area contributed by atoms with E-state index in [1.807, 2.05) is 0 Å². The van der Waals surface area contributed by atoms with Gasteiger partial charge in [0.25, 0.3) is 0 Å². The van der Waals surface area contributed by atoms with E-state index in [-0.39, 0.29) is 18.6 Å². The number of rotatable bonds is 5. The van der Waals surface area contributed by atoms with Crippen LogP contribution in [0.4, 0.5) is 4.39 Å². The summed E-state index contributed by atoms with van der Waals surface area (Å²) in [6.07, 6.45) is -2.32. The third-order valence-corrected chi connectivity index (χ3v) is 1.99. The molecule has 4 heteroatoms. The maximum absolute atomic E-state index is 12.6. The fourth-order valence-electron chi connectivity index (χ4n) is 1.15. The van der Waals surface area contributed by atoms with Crippen LogP contribution in [0.2, 0.25) is 0 Å². The van der Waals surface area contributed by atoms with Crippen molar-refractivity contribution in [2.45, 2.75) is 19.0 Å². The summed E-state index contributed by atoms with van der Waals surface area (Å²) >= 11 is 0. The highest BCUT2D eigenvalue weighted by molar-refractivity contribution is 5.96. The number of ketones is 1. The lowest BCUT2D eigenvalue weighted by atomic mass is 10.1. The second-order valence-corrected chi connectivity index (χ2v) is 3.13. The number of Topliss-reactive ketones (excluding diaryl/α,β-unsaturated/α-hetero) is 1. The van der Waals surface area contributed by atoms with Crippen molar-refractivity contribution in [3.63, 3.8) is 0 Å². The molecule has 1 unspecified atom stereocenters. The molecule has 1 aromatic carbocycles. The Bertz CT molecular complexity index is 348. The van der Waals surface area contributed by atoms with E-state index in [9.17, 15) is 14.0 Å². The zero-order valence-corrected chi connectivity index (χ0v) is 8.02. The van der Waals surface area contributed by atoms with Gasteiger partial charge in [-0.05, 0) is 6.42 Å². The molecule has 0 heterocycles. The van der Waals surface area contributed by atoms with Crippen molar-refractivity contribution in [1.82, 2.24) is 0 Å². The van der Waals surface area contributed by atoms with Crippen molar-refractivity contribution < 1.29 is 19.1 Å². The number of halogens is 1. The molecule has 0 fully saturated rings. The van der Waals surface area contributed by atoms with E-state index < -0.39 is 12.1 Å². The lowest BCUT2D eigenvalue weighted by Crippen LogP contribution is -2.15. The summed E-state index contributed by atoms with van der Waals surface area (Å²) in [6.45, 7) is 0. The molecule has 1 atom stereocenters. The molecule has 0 aliphatic heterocycles. The molecule has 0 aromatic heterocycles. The Kier molecular flexibility index (Phi) is 3.97. The van der Waals surface area contributed by atoms with Crippen LogP contribution in [0.25, 0.3) is 0 Å². The summed E-state index contributed by atoms with van der Waals surface area (Å²) in [6, 6.07) is 8.42. The molecule has 0 saturated heterocycles. The predicted molar refractivity (Wildman–Crippen MR) is 52.5 cm³/mol. The summed E-state index contributed by atoms with van der Waals surface area (Å²) in [4.78, 5) is 21.6. The predicted octanol–water partition coefficient (Wildman–Crippen LogP) is 2.07. The maximum Gasteiger partial charge on any atom is 0.338 e. The molecule has 0 bridgehead atoms. The van der Waals surface area contributed by atoms with Gasteiger partial charge in [0.05, 0.1) is 0 Å². The average molecular weight is 210 g/mol. The lowest BCUT2D eigenvalue weighted by Gasteiger charge is -2.02. The van der Waals surface area contributed by atoms with Crippen LogP contribution in [0, 0.1) is 0 Å². The minimum Gasteiger partial charge on any atom is -0.479 e. The van der Waals surface area contributed by atoms with Crippen molar-refractivity contribution in [3.05, 3.63) is 35.9 Å². The van der Waals surface area contributed by atoms with Crippen molar-refractivity contribution >= 4 is 11.8 Å². The van der Waals surface area contributed by atoms with Crippen LogP contribution >= 0.6 is 0 Å². The van der Waals surface area contributed by atoms with Crippen LogP contribution in [0.5, 0.6) is 0 Å². The molecule has 0 amide bonds. The molecule has 1 N–H and O–H groups in total. The van der Waals surface area contributed by atoms with Gasteiger partial charge in [0.1, 0.15) is 0 Å². The molecule has 80 valence electrons. The molecule has 0 aliphatic carbocycles. The number of carbonyl (C=O) groups is 2. The Balaban J connectivity index is 2.47. The van der Waals surface area contributed by atoms with Gasteiger partial charge < -0.3 is 5.11 Å². The van der Waals surface area contributed by atoms with Crippen LogP contribution in [0.1, 0.15) is 23.2 Å².